The summed E-state index contributed by atoms with van der Waals surface area (Å²) in [6.07, 6.45) is 0.650. The fourth-order valence-corrected chi connectivity index (χ4v) is 3.13. The van der Waals surface area contributed by atoms with Crippen molar-refractivity contribution < 1.29 is 22.6 Å². The average molecular weight is 442 g/mol. The van der Waals surface area contributed by atoms with E-state index in [2.05, 4.69) is 15.0 Å². The van der Waals surface area contributed by atoms with E-state index in [1.54, 1.807) is 31.2 Å². The lowest BCUT2D eigenvalue weighted by Crippen LogP contribution is -2.21. The van der Waals surface area contributed by atoms with Gasteiger partial charge >= 0.3 is 11.9 Å². The SMILES string of the molecule is COc1cn(CC2=CCCC=C2OC(F)(F)F)c(Nc2cccc(Cl)c2C)nc1=O. The van der Waals surface area contributed by atoms with Gasteiger partial charge in [-0.05, 0) is 43.5 Å². The number of rotatable bonds is 6. The van der Waals surface area contributed by atoms with Crippen molar-refractivity contribution in [2.24, 2.45) is 0 Å². The van der Waals surface area contributed by atoms with Crippen LogP contribution in [0.1, 0.15) is 18.4 Å². The first-order valence-electron chi connectivity index (χ1n) is 9.01. The monoisotopic (exact) mass is 441 g/mol. The van der Waals surface area contributed by atoms with Crippen molar-refractivity contribution in [3.63, 3.8) is 0 Å². The molecule has 1 heterocycles. The minimum Gasteiger partial charge on any atom is -0.490 e. The maximum atomic E-state index is 12.8. The molecular weight excluding hydrogens is 423 g/mol. The zero-order valence-corrected chi connectivity index (χ0v) is 17.0. The molecule has 6 nitrogen and oxygen atoms in total. The molecular formula is C20H19ClF3N3O3. The van der Waals surface area contributed by atoms with Crippen LogP contribution in [0.2, 0.25) is 5.02 Å². The van der Waals surface area contributed by atoms with Crippen molar-refractivity contribution in [2.45, 2.75) is 32.7 Å². The molecule has 0 spiro atoms. The molecule has 0 amide bonds. The molecule has 2 aromatic rings. The standard InChI is InChI=1S/C20H19ClF3N3O3/c1-12-14(21)7-5-8-15(12)25-19-26-18(28)17(29-2)11-27(19)10-13-6-3-4-9-16(13)30-20(22,23)24/h5-9,11H,3-4,10H2,1-2H3,(H,25,26,28). The van der Waals surface area contributed by atoms with Crippen LogP contribution in [0.5, 0.6) is 5.75 Å². The number of nitrogens with zero attached hydrogens (tertiary/aromatic N) is 2. The molecule has 1 N–H and O–H groups in total. The molecule has 3 rings (SSSR count). The van der Waals surface area contributed by atoms with Crippen LogP contribution in [0, 0.1) is 6.92 Å². The third-order valence-electron chi connectivity index (χ3n) is 4.47. The molecule has 0 unspecified atom stereocenters. The summed E-state index contributed by atoms with van der Waals surface area (Å²) in [5.74, 6) is -0.178. The Morgan fingerprint density at radius 1 is 1.27 bits per heavy atom. The highest BCUT2D eigenvalue weighted by Crippen LogP contribution is 2.31. The summed E-state index contributed by atoms with van der Waals surface area (Å²) in [7, 11) is 1.31. The number of methoxy groups -OCH3 is 1. The minimum atomic E-state index is -4.80. The fourth-order valence-electron chi connectivity index (χ4n) is 2.96. The van der Waals surface area contributed by atoms with Crippen LogP contribution < -0.4 is 15.6 Å². The van der Waals surface area contributed by atoms with E-state index in [4.69, 9.17) is 16.3 Å². The van der Waals surface area contributed by atoms with E-state index in [0.717, 1.165) is 5.56 Å². The summed E-state index contributed by atoms with van der Waals surface area (Å²) in [4.78, 5) is 16.2. The fraction of sp³-hybridized carbons (Fsp3) is 0.300. The van der Waals surface area contributed by atoms with Gasteiger partial charge in [-0.25, -0.2) is 0 Å². The number of ether oxygens (including phenoxy) is 2. The lowest BCUT2D eigenvalue weighted by atomic mass is 10.0. The van der Waals surface area contributed by atoms with Gasteiger partial charge in [-0.15, -0.1) is 13.2 Å². The molecule has 0 bridgehead atoms. The average Bonchev–Trinajstić information content (AvgIpc) is 2.67. The number of nitrogens with one attached hydrogen (secondary N) is 1. The van der Waals surface area contributed by atoms with Crippen LogP contribution in [0.4, 0.5) is 24.8 Å². The molecule has 30 heavy (non-hydrogen) atoms. The molecule has 1 aliphatic rings. The number of benzene rings is 1. The first-order valence-corrected chi connectivity index (χ1v) is 9.38. The maximum absolute atomic E-state index is 12.8. The Morgan fingerprint density at radius 3 is 2.70 bits per heavy atom. The minimum absolute atomic E-state index is 0.0203. The summed E-state index contributed by atoms with van der Waals surface area (Å²) < 4.78 is 49.0. The second-order valence-corrected chi connectivity index (χ2v) is 6.93. The van der Waals surface area contributed by atoms with Crippen LogP contribution >= 0.6 is 11.6 Å². The zero-order valence-electron chi connectivity index (χ0n) is 16.2. The van der Waals surface area contributed by atoms with Gasteiger partial charge in [0.2, 0.25) is 11.7 Å². The summed E-state index contributed by atoms with van der Waals surface area (Å²) >= 11 is 6.15. The first kappa shape index (κ1) is 21.8. The second kappa shape index (κ2) is 8.83. The molecule has 0 aliphatic heterocycles. The third kappa shape index (κ3) is 5.15. The predicted octanol–water partition coefficient (Wildman–Crippen LogP) is 5.10. The number of aromatic nitrogens is 2. The van der Waals surface area contributed by atoms with Gasteiger partial charge in [-0.2, -0.15) is 4.98 Å². The number of hydrogen-bond donors (Lipinski definition) is 1. The van der Waals surface area contributed by atoms with Crippen molar-refractivity contribution in [3.8, 4) is 5.75 Å². The highest BCUT2D eigenvalue weighted by Gasteiger charge is 2.33. The number of alkyl halides is 3. The van der Waals surface area contributed by atoms with Crippen molar-refractivity contribution in [1.82, 2.24) is 9.55 Å². The quantitative estimate of drug-likeness (QED) is 0.675. The Morgan fingerprint density at radius 2 is 2.00 bits per heavy atom. The van der Waals surface area contributed by atoms with Gasteiger partial charge in [0.15, 0.2) is 0 Å². The van der Waals surface area contributed by atoms with Gasteiger partial charge in [-0.3, -0.25) is 4.79 Å². The topological polar surface area (TPSA) is 65.4 Å². The normalized spacial score (nSPS) is 14.1. The van der Waals surface area contributed by atoms with Gasteiger partial charge in [0.1, 0.15) is 5.76 Å². The molecule has 0 saturated carbocycles. The smallest absolute Gasteiger partial charge is 0.490 e. The highest BCUT2D eigenvalue weighted by molar-refractivity contribution is 6.31. The lowest BCUT2D eigenvalue weighted by Gasteiger charge is -2.21. The molecule has 1 aromatic carbocycles. The van der Waals surface area contributed by atoms with Gasteiger partial charge in [0.05, 0.1) is 19.9 Å². The van der Waals surface area contributed by atoms with E-state index in [1.807, 2.05) is 0 Å². The van der Waals surface area contributed by atoms with Crippen LogP contribution in [0.25, 0.3) is 0 Å². The molecule has 0 fully saturated rings. The van der Waals surface area contributed by atoms with Gasteiger partial charge in [0.25, 0.3) is 0 Å². The summed E-state index contributed by atoms with van der Waals surface area (Å²) in [5, 5.41) is 3.54. The Labute approximate surface area is 175 Å². The van der Waals surface area contributed by atoms with Crippen molar-refractivity contribution in [1.29, 1.82) is 0 Å². The zero-order chi connectivity index (χ0) is 21.9. The second-order valence-electron chi connectivity index (χ2n) is 6.53. The Balaban J connectivity index is 1.99. The van der Waals surface area contributed by atoms with E-state index in [0.29, 0.717) is 29.1 Å². The lowest BCUT2D eigenvalue weighted by molar-refractivity contribution is -0.304. The van der Waals surface area contributed by atoms with Crippen molar-refractivity contribution in [3.05, 3.63) is 68.8 Å². The predicted molar refractivity (Wildman–Crippen MR) is 107 cm³/mol. The largest absolute Gasteiger partial charge is 0.573 e. The van der Waals surface area contributed by atoms with E-state index < -0.39 is 11.9 Å². The van der Waals surface area contributed by atoms with Crippen molar-refractivity contribution >= 4 is 23.2 Å². The summed E-state index contributed by atoms with van der Waals surface area (Å²) in [6.45, 7) is 1.77. The molecule has 1 aromatic heterocycles. The van der Waals surface area contributed by atoms with Gasteiger partial charge in [-0.1, -0.05) is 23.7 Å². The van der Waals surface area contributed by atoms with E-state index >= 15 is 0 Å². The summed E-state index contributed by atoms with van der Waals surface area (Å²) in [6, 6.07) is 5.19. The van der Waals surface area contributed by atoms with E-state index in [-0.39, 0.29) is 24.0 Å². The van der Waals surface area contributed by atoms with Crippen LogP contribution in [0.15, 0.2) is 52.7 Å². The third-order valence-corrected chi connectivity index (χ3v) is 4.88. The number of halogens is 4. The number of allylic oxidation sites excluding steroid dienone is 3. The Bertz CT molecular complexity index is 1060. The van der Waals surface area contributed by atoms with Crippen molar-refractivity contribution in [2.75, 3.05) is 12.4 Å². The Hall–Kier alpha value is -2.94. The van der Waals surface area contributed by atoms with Crippen LogP contribution in [0.3, 0.4) is 0 Å². The molecule has 0 radical (unpaired) electrons. The molecule has 10 heteroatoms. The number of hydrogen-bond acceptors (Lipinski definition) is 5. The van der Waals surface area contributed by atoms with Gasteiger partial charge < -0.3 is 19.4 Å². The number of anilines is 2. The Kier molecular flexibility index (Phi) is 6.40. The molecule has 1 aliphatic carbocycles. The van der Waals surface area contributed by atoms with E-state index in [9.17, 15) is 18.0 Å². The highest BCUT2D eigenvalue weighted by atomic mass is 35.5. The van der Waals surface area contributed by atoms with Crippen LogP contribution in [-0.2, 0) is 11.3 Å². The molecule has 160 valence electrons. The molecule has 0 saturated heterocycles. The van der Waals surface area contributed by atoms with Crippen LogP contribution in [-0.4, -0.2) is 23.0 Å². The maximum Gasteiger partial charge on any atom is 0.573 e. The van der Waals surface area contributed by atoms with E-state index in [1.165, 1.54) is 23.9 Å². The molecule has 0 atom stereocenters. The summed E-state index contributed by atoms with van der Waals surface area (Å²) in [5.41, 5.74) is 1.04. The first-order chi connectivity index (χ1) is 14.2. The van der Waals surface area contributed by atoms with Gasteiger partial charge in [0, 0.05) is 16.3 Å².